The van der Waals surface area contributed by atoms with Crippen LogP contribution in [-0.4, -0.2) is 42.5 Å². The molecule has 1 saturated heterocycles. The number of amides is 1. The van der Waals surface area contributed by atoms with Crippen molar-refractivity contribution in [2.24, 2.45) is 0 Å². The first-order chi connectivity index (χ1) is 13.9. The van der Waals surface area contributed by atoms with Crippen LogP contribution in [0.5, 0.6) is 11.5 Å². The lowest BCUT2D eigenvalue weighted by Crippen LogP contribution is -2.30. The van der Waals surface area contributed by atoms with Crippen molar-refractivity contribution < 1.29 is 24.2 Å². The molecule has 1 unspecified atom stereocenters. The topological polar surface area (TPSA) is 76.1 Å². The van der Waals surface area contributed by atoms with E-state index in [1.165, 1.54) is 19.1 Å². The Bertz CT molecular complexity index is 979. The SMILES string of the molecule is CCCN1C(=O)C(=O)/C(=C(/O)c2ccc(OC)c(OC)c2)C1c1ccccc1C. The Kier molecular flexibility index (Phi) is 5.92. The van der Waals surface area contributed by atoms with E-state index in [0.717, 1.165) is 11.1 Å². The first-order valence-corrected chi connectivity index (χ1v) is 9.50. The second-order valence-electron chi connectivity index (χ2n) is 6.92. The molecule has 0 saturated carbocycles. The quantitative estimate of drug-likeness (QED) is 0.457. The highest BCUT2D eigenvalue weighted by atomic mass is 16.5. The zero-order valence-electron chi connectivity index (χ0n) is 17.1. The highest BCUT2D eigenvalue weighted by Crippen LogP contribution is 2.41. The van der Waals surface area contributed by atoms with E-state index in [2.05, 4.69) is 0 Å². The Hall–Kier alpha value is -3.28. The van der Waals surface area contributed by atoms with Crippen LogP contribution in [0.25, 0.3) is 5.76 Å². The summed E-state index contributed by atoms with van der Waals surface area (Å²) in [4.78, 5) is 27.2. The van der Waals surface area contributed by atoms with Crippen molar-refractivity contribution in [1.29, 1.82) is 0 Å². The highest BCUT2D eigenvalue weighted by Gasteiger charge is 2.46. The zero-order valence-corrected chi connectivity index (χ0v) is 17.1. The predicted octanol–water partition coefficient (Wildman–Crippen LogP) is 3.84. The number of nitrogens with zero attached hydrogens (tertiary/aromatic N) is 1. The molecule has 6 heteroatoms. The van der Waals surface area contributed by atoms with E-state index in [1.54, 1.807) is 18.2 Å². The van der Waals surface area contributed by atoms with Crippen LogP contribution in [0, 0.1) is 6.92 Å². The van der Waals surface area contributed by atoms with Crippen molar-refractivity contribution in [2.45, 2.75) is 26.3 Å². The van der Waals surface area contributed by atoms with Crippen molar-refractivity contribution in [3.05, 3.63) is 64.7 Å². The number of benzene rings is 2. The molecule has 0 bridgehead atoms. The Morgan fingerprint density at radius 2 is 1.76 bits per heavy atom. The first kappa shape index (κ1) is 20.5. The summed E-state index contributed by atoms with van der Waals surface area (Å²) in [6.07, 6.45) is 0.700. The number of aliphatic hydroxyl groups is 1. The molecule has 1 amide bonds. The van der Waals surface area contributed by atoms with E-state index >= 15 is 0 Å². The van der Waals surface area contributed by atoms with Crippen molar-refractivity contribution in [3.8, 4) is 11.5 Å². The van der Waals surface area contributed by atoms with Gasteiger partial charge in [0.2, 0.25) is 0 Å². The lowest BCUT2D eigenvalue weighted by atomic mass is 9.92. The van der Waals surface area contributed by atoms with Crippen LogP contribution in [-0.2, 0) is 9.59 Å². The summed E-state index contributed by atoms with van der Waals surface area (Å²) in [6.45, 7) is 4.30. The van der Waals surface area contributed by atoms with Crippen LogP contribution >= 0.6 is 0 Å². The molecule has 0 spiro atoms. The average molecular weight is 395 g/mol. The molecule has 1 aliphatic rings. The van der Waals surface area contributed by atoms with Crippen LogP contribution in [0.1, 0.15) is 36.1 Å². The normalized spacial score (nSPS) is 18.2. The van der Waals surface area contributed by atoms with Crippen molar-refractivity contribution in [3.63, 3.8) is 0 Å². The Morgan fingerprint density at radius 1 is 1.07 bits per heavy atom. The number of rotatable bonds is 6. The minimum Gasteiger partial charge on any atom is -0.507 e. The van der Waals surface area contributed by atoms with Gasteiger partial charge in [-0.1, -0.05) is 31.2 Å². The molecule has 1 N–H and O–H groups in total. The lowest BCUT2D eigenvalue weighted by molar-refractivity contribution is -0.139. The number of aryl methyl sites for hydroxylation is 1. The molecule has 29 heavy (non-hydrogen) atoms. The number of carbonyl (C=O) groups is 2. The number of ketones is 1. The third-order valence-corrected chi connectivity index (χ3v) is 5.14. The highest BCUT2D eigenvalue weighted by molar-refractivity contribution is 6.46. The van der Waals surface area contributed by atoms with Gasteiger partial charge < -0.3 is 19.5 Å². The van der Waals surface area contributed by atoms with Crippen LogP contribution in [0.15, 0.2) is 48.0 Å². The molecule has 0 radical (unpaired) electrons. The van der Waals surface area contributed by atoms with Crippen LogP contribution in [0.3, 0.4) is 0 Å². The molecule has 3 rings (SSSR count). The van der Waals surface area contributed by atoms with Crippen LogP contribution in [0.2, 0.25) is 0 Å². The van der Waals surface area contributed by atoms with Gasteiger partial charge in [-0.25, -0.2) is 0 Å². The summed E-state index contributed by atoms with van der Waals surface area (Å²) < 4.78 is 10.5. The molecular formula is C23H25NO5. The molecule has 6 nitrogen and oxygen atoms in total. The van der Waals surface area contributed by atoms with Crippen molar-refractivity contribution in [1.82, 2.24) is 4.90 Å². The summed E-state index contributed by atoms with van der Waals surface area (Å²) >= 11 is 0. The number of Topliss-reactive ketones (excluding diaryl/α,β-unsaturated/α-hetero) is 1. The van der Waals surface area contributed by atoms with Gasteiger partial charge in [0.25, 0.3) is 11.7 Å². The third kappa shape index (κ3) is 3.58. The van der Waals surface area contributed by atoms with Crippen molar-refractivity contribution >= 4 is 17.4 Å². The molecule has 2 aromatic rings. The van der Waals surface area contributed by atoms with Gasteiger partial charge in [0.1, 0.15) is 5.76 Å². The monoisotopic (exact) mass is 395 g/mol. The maximum Gasteiger partial charge on any atom is 0.295 e. The number of hydrogen-bond acceptors (Lipinski definition) is 5. The number of aliphatic hydroxyl groups excluding tert-OH is 1. The maximum absolute atomic E-state index is 12.9. The van der Waals surface area contributed by atoms with E-state index in [0.29, 0.717) is 30.0 Å². The summed E-state index contributed by atoms with van der Waals surface area (Å²) in [5.41, 5.74) is 2.24. The summed E-state index contributed by atoms with van der Waals surface area (Å²) in [6, 6.07) is 11.8. The second kappa shape index (κ2) is 8.39. The molecule has 152 valence electrons. The van der Waals surface area contributed by atoms with Gasteiger partial charge in [-0.3, -0.25) is 9.59 Å². The van der Waals surface area contributed by atoms with Gasteiger partial charge >= 0.3 is 0 Å². The Morgan fingerprint density at radius 3 is 2.38 bits per heavy atom. The number of ether oxygens (including phenoxy) is 2. The van der Waals surface area contributed by atoms with Crippen LogP contribution in [0.4, 0.5) is 0 Å². The molecule has 1 heterocycles. The molecule has 1 fully saturated rings. The Labute approximate surface area is 170 Å². The smallest absolute Gasteiger partial charge is 0.295 e. The zero-order chi connectivity index (χ0) is 21.1. The van der Waals surface area contributed by atoms with E-state index in [4.69, 9.17) is 9.47 Å². The number of likely N-dealkylation sites (tertiary alicyclic amines) is 1. The fourth-order valence-electron chi connectivity index (χ4n) is 3.71. The van der Waals surface area contributed by atoms with Crippen molar-refractivity contribution in [2.75, 3.05) is 20.8 Å². The molecular weight excluding hydrogens is 370 g/mol. The van der Waals surface area contributed by atoms with E-state index in [-0.39, 0.29) is 11.3 Å². The van der Waals surface area contributed by atoms with Gasteiger partial charge in [-0.2, -0.15) is 0 Å². The largest absolute Gasteiger partial charge is 0.507 e. The second-order valence-corrected chi connectivity index (χ2v) is 6.92. The molecule has 1 atom stereocenters. The number of hydrogen-bond donors (Lipinski definition) is 1. The molecule has 0 aliphatic carbocycles. The van der Waals surface area contributed by atoms with Gasteiger partial charge in [0.15, 0.2) is 11.5 Å². The minimum atomic E-state index is -0.681. The third-order valence-electron chi connectivity index (χ3n) is 5.14. The minimum absolute atomic E-state index is 0.0879. The first-order valence-electron chi connectivity index (χ1n) is 9.50. The Balaban J connectivity index is 2.22. The standard InChI is InChI=1S/C23H25NO5/c1-5-12-24-20(16-9-7-6-8-14(16)2)19(22(26)23(24)27)21(25)15-10-11-17(28-3)18(13-15)29-4/h6-11,13,20,25H,5,12H2,1-4H3/b21-19+. The van der Waals surface area contributed by atoms with E-state index in [9.17, 15) is 14.7 Å². The molecule has 0 aromatic heterocycles. The lowest BCUT2D eigenvalue weighted by Gasteiger charge is -2.26. The van der Waals surface area contributed by atoms with E-state index in [1.807, 2.05) is 38.1 Å². The molecule has 1 aliphatic heterocycles. The summed E-state index contributed by atoms with van der Waals surface area (Å²) in [7, 11) is 3.01. The predicted molar refractivity (Wildman–Crippen MR) is 110 cm³/mol. The van der Waals surface area contributed by atoms with Gasteiger partial charge in [0, 0.05) is 12.1 Å². The maximum atomic E-state index is 12.9. The average Bonchev–Trinajstić information content (AvgIpc) is 2.98. The fraction of sp³-hybridized carbons (Fsp3) is 0.304. The molecule has 2 aromatic carbocycles. The van der Waals surface area contributed by atoms with Gasteiger partial charge in [-0.15, -0.1) is 0 Å². The number of methoxy groups -OCH3 is 2. The van der Waals surface area contributed by atoms with Crippen LogP contribution < -0.4 is 9.47 Å². The fourth-order valence-corrected chi connectivity index (χ4v) is 3.71. The van der Waals surface area contributed by atoms with Gasteiger partial charge in [-0.05, 0) is 42.7 Å². The number of carbonyl (C=O) groups excluding carboxylic acids is 2. The summed E-state index contributed by atoms with van der Waals surface area (Å²) in [5.74, 6) is -0.574. The van der Waals surface area contributed by atoms with E-state index < -0.39 is 17.7 Å². The summed E-state index contributed by atoms with van der Waals surface area (Å²) in [5, 5.41) is 11.1. The van der Waals surface area contributed by atoms with Gasteiger partial charge in [0.05, 0.1) is 25.8 Å².